The summed E-state index contributed by atoms with van der Waals surface area (Å²) in [6.07, 6.45) is 2.53. The maximum absolute atomic E-state index is 12.6. The Morgan fingerprint density at radius 1 is 1.14 bits per heavy atom. The molecule has 1 saturated heterocycles. The fourth-order valence-electron chi connectivity index (χ4n) is 3.21. The number of aryl methyl sites for hydroxylation is 1. The zero-order valence-electron chi connectivity index (χ0n) is 12.6. The monoisotopic (exact) mass is 284 g/mol. The van der Waals surface area contributed by atoms with Gasteiger partial charge in [-0.1, -0.05) is 49.8 Å². The molecule has 110 valence electrons. The molecule has 0 bridgehead atoms. The number of benzene rings is 1. The van der Waals surface area contributed by atoms with Crippen molar-refractivity contribution < 1.29 is 9.59 Å². The Morgan fingerprint density at radius 2 is 1.81 bits per heavy atom. The van der Waals surface area contributed by atoms with Crippen molar-refractivity contribution in [3.05, 3.63) is 47.2 Å². The predicted molar refractivity (Wildman–Crippen MR) is 80.6 cm³/mol. The lowest BCUT2D eigenvalue weighted by molar-refractivity contribution is -0.125. The summed E-state index contributed by atoms with van der Waals surface area (Å²) in [5, 5.41) is 5.70. The minimum absolute atomic E-state index is 0.176. The van der Waals surface area contributed by atoms with Gasteiger partial charge < -0.3 is 10.6 Å². The number of carbonyl (C=O) groups is 2. The number of urea groups is 1. The van der Waals surface area contributed by atoms with E-state index < -0.39 is 0 Å². The highest BCUT2D eigenvalue weighted by Crippen LogP contribution is 2.40. The summed E-state index contributed by atoms with van der Waals surface area (Å²) in [6, 6.07) is 7.45. The molecule has 21 heavy (non-hydrogen) atoms. The molecule has 4 nitrogen and oxygen atoms in total. The van der Waals surface area contributed by atoms with Gasteiger partial charge in [-0.15, -0.1) is 0 Å². The molecular weight excluding hydrogens is 264 g/mol. The first kappa shape index (κ1) is 13.9. The first-order valence-corrected chi connectivity index (χ1v) is 7.25. The van der Waals surface area contributed by atoms with Gasteiger partial charge in [-0.25, -0.2) is 4.79 Å². The van der Waals surface area contributed by atoms with Crippen LogP contribution < -0.4 is 10.6 Å². The second-order valence-electron chi connectivity index (χ2n) is 6.70. The molecule has 2 amide bonds. The number of allylic oxidation sites excluding steroid dienone is 1. The topological polar surface area (TPSA) is 58.2 Å². The van der Waals surface area contributed by atoms with Crippen molar-refractivity contribution in [1.29, 1.82) is 0 Å². The van der Waals surface area contributed by atoms with Crippen molar-refractivity contribution in [3.63, 3.8) is 0 Å². The molecule has 1 heterocycles. The number of Topliss-reactive ketones (excluding diaryl/α,β-unsaturated/α-hetero) is 1. The maximum Gasteiger partial charge on any atom is 0.319 e. The second-order valence-corrected chi connectivity index (χ2v) is 6.70. The van der Waals surface area contributed by atoms with Gasteiger partial charge in [-0.3, -0.25) is 4.79 Å². The molecular formula is C17H20N2O2. The second kappa shape index (κ2) is 4.72. The fourth-order valence-corrected chi connectivity index (χ4v) is 3.21. The minimum Gasteiger partial charge on any atom is -0.330 e. The van der Waals surface area contributed by atoms with Crippen molar-refractivity contribution in [2.45, 2.75) is 33.2 Å². The van der Waals surface area contributed by atoms with Gasteiger partial charge in [0.05, 0.1) is 12.0 Å². The molecule has 1 aromatic carbocycles. The minimum atomic E-state index is -0.307. The number of hydrogen-bond donors (Lipinski definition) is 2. The SMILES string of the molecule is Cc1ccc(C2NC(=O)NC3=CC(C)(C)CC(=O)C32)cc1. The van der Waals surface area contributed by atoms with E-state index in [-0.39, 0.29) is 29.2 Å². The van der Waals surface area contributed by atoms with Crippen molar-refractivity contribution in [1.82, 2.24) is 10.6 Å². The van der Waals surface area contributed by atoms with Crippen LogP contribution in [-0.4, -0.2) is 11.8 Å². The maximum atomic E-state index is 12.6. The number of nitrogens with one attached hydrogen (secondary N) is 2. The van der Waals surface area contributed by atoms with E-state index in [4.69, 9.17) is 0 Å². The van der Waals surface area contributed by atoms with Crippen LogP contribution in [0.3, 0.4) is 0 Å². The Morgan fingerprint density at radius 3 is 2.48 bits per heavy atom. The summed E-state index contributed by atoms with van der Waals surface area (Å²) >= 11 is 0. The van der Waals surface area contributed by atoms with E-state index in [2.05, 4.69) is 10.6 Å². The van der Waals surface area contributed by atoms with E-state index in [1.54, 1.807) is 0 Å². The van der Waals surface area contributed by atoms with Gasteiger partial charge in [0.25, 0.3) is 0 Å². The Bertz CT molecular complexity index is 629. The highest BCUT2D eigenvalue weighted by Gasteiger charge is 2.43. The molecule has 1 aromatic rings. The van der Waals surface area contributed by atoms with Crippen molar-refractivity contribution in [2.75, 3.05) is 0 Å². The fraction of sp³-hybridized carbons (Fsp3) is 0.412. The summed E-state index contributed by atoms with van der Waals surface area (Å²) in [4.78, 5) is 24.5. The Hall–Kier alpha value is -2.10. The van der Waals surface area contributed by atoms with Crippen LogP contribution >= 0.6 is 0 Å². The third-order valence-corrected chi connectivity index (χ3v) is 4.17. The third-order valence-electron chi connectivity index (χ3n) is 4.17. The summed E-state index contributed by atoms with van der Waals surface area (Å²) in [5.41, 5.74) is 2.67. The van der Waals surface area contributed by atoms with E-state index in [0.29, 0.717) is 6.42 Å². The highest BCUT2D eigenvalue weighted by molar-refractivity contribution is 5.91. The van der Waals surface area contributed by atoms with Gasteiger partial charge >= 0.3 is 6.03 Å². The molecule has 4 heteroatoms. The van der Waals surface area contributed by atoms with E-state index in [1.165, 1.54) is 0 Å². The molecule has 2 atom stereocenters. The first-order chi connectivity index (χ1) is 9.85. The number of hydrogen-bond acceptors (Lipinski definition) is 2. The van der Waals surface area contributed by atoms with Gasteiger partial charge in [0.1, 0.15) is 5.78 Å². The molecule has 0 aromatic heterocycles. The van der Waals surface area contributed by atoms with Crippen molar-refractivity contribution in [3.8, 4) is 0 Å². The molecule has 0 radical (unpaired) electrons. The Balaban J connectivity index is 2.03. The Kier molecular flexibility index (Phi) is 3.12. The van der Waals surface area contributed by atoms with Crippen LogP contribution in [0.15, 0.2) is 36.0 Å². The molecule has 2 aliphatic rings. The van der Waals surface area contributed by atoms with E-state index in [1.807, 2.05) is 51.1 Å². The standard InChI is InChI=1S/C17H20N2O2/c1-10-4-6-11(7-5-10)15-14-12(18-16(21)19-15)8-17(2,3)9-13(14)20/h4-8,14-15H,9H2,1-3H3,(H2,18,19,21). The van der Waals surface area contributed by atoms with Crippen LogP contribution in [0.4, 0.5) is 4.79 Å². The zero-order chi connectivity index (χ0) is 15.2. The van der Waals surface area contributed by atoms with Crippen LogP contribution in [0.5, 0.6) is 0 Å². The number of amides is 2. The number of carbonyl (C=O) groups excluding carboxylic acids is 2. The summed E-state index contributed by atoms with van der Waals surface area (Å²) in [7, 11) is 0. The van der Waals surface area contributed by atoms with Crippen LogP contribution in [0.25, 0.3) is 0 Å². The van der Waals surface area contributed by atoms with E-state index in [9.17, 15) is 9.59 Å². The van der Waals surface area contributed by atoms with Gasteiger partial charge in [0.2, 0.25) is 0 Å². The van der Waals surface area contributed by atoms with Crippen LogP contribution in [0.2, 0.25) is 0 Å². The lowest BCUT2D eigenvalue weighted by Crippen LogP contribution is -2.53. The zero-order valence-corrected chi connectivity index (χ0v) is 12.6. The Labute approximate surface area is 124 Å². The van der Waals surface area contributed by atoms with Crippen LogP contribution in [0.1, 0.15) is 37.4 Å². The molecule has 0 saturated carbocycles. The smallest absolute Gasteiger partial charge is 0.319 e. The molecule has 2 unspecified atom stereocenters. The summed E-state index contributed by atoms with van der Waals surface area (Å²) in [6.45, 7) is 6.05. The molecule has 1 aliphatic heterocycles. The van der Waals surface area contributed by atoms with Crippen molar-refractivity contribution >= 4 is 11.8 Å². The quantitative estimate of drug-likeness (QED) is 0.833. The van der Waals surface area contributed by atoms with Gasteiger partial charge in [0.15, 0.2) is 0 Å². The van der Waals surface area contributed by atoms with Crippen molar-refractivity contribution in [2.24, 2.45) is 11.3 Å². The first-order valence-electron chi connectivity index (χ1n) is 7.25. The summed E-state index contributed by atoms with van der Waals surface area (Å²) in [5.74, 6) is -0.131. The molecule has 1 fully saturated rings. The van der Waals surface area contributed by atoms with E-state index in [0.717, 1.165) is 16.8 Å². The highest BCUT2D eigenvalue weighted by atomic mass is 16.2. The van der Waals surface area contributed by atoms with Crippen LogP contribution in [0, 0.1) is 18.3 Å². The largest absolute Gasteiger partial charge is 0.330 e. The molecule has 0 spiro atoms. The van der Waals surface area contributed by atoms with Gasteiger partial charge in [0, 0.05) is 12.1 Å². The number of ketones is 1. The lowest BCUT2D eigenvalue weighted by Gasteiger charge is -2.40. The molecule has 2 N–H and O–H groups in total. The number of rotatable bonds is 1. The third kappa shape index (κ3) is 2.58. The van der Waals surface area contributed by atoms with E-state index >= 15 is 0 Å². The predicted octanol–water partition coefficient (Wildman–Crippen LogP) is 2.85. The van der Waals surface area contributed by atoms with Gasteiger partial charge in [-0.2, -0.15) is 0 Å². The average Bonchev–Trinajstić information content (AvgIpc) is 2.36. The average molecular weight is 284 g/mol. The van der Waals surface area contributed by atoms with Crippen LogP contribution in [-0.2, 0) is 4.79 Å². The number of fused-ring (bicyclic) bond motifs is 1. The lowest BCUT2D eigenvalue weighted by atomic mass is 9.72. The normalized spacial score (nSPS) is 27.3. The molecule has 1 aliphatic carbocycles. The molecule has 3 rings (SSSR count). The van der Waals surface area contributed by atoms with Gasteiger partial charge in [-0.05, 0) is 17.9 Å². The summed E-state index contributed by atoms with van der Waals surface area (Å²) < 4.78 is 0.